The van der Waals surface area contributed by atoms with Crippen molar-refractivity contribution in [1.82, 2.24) is 9.80 Å². The van der Waals surface area contributed by atoms with E-state index in [0.717, 1.165) is 17.7 Å². The van der Waals surface area contributed by atoms with E-state index in [4.69, 9.17) is 4.42 Å². The molecular weight excluding hydrogens is 321 g/mol. The van der Waals surface area contributed by atoms with E-state index in [-0.39, 0.29) is 11.7 Å². The van der Waals surface area contributed by atoms with Crippen molar-refractivity contribution >= 4 is 5.91 Å². The molecule has 1 aliphatic heterocycles. The van der Waals surface area contributed by atoms with Gasteiger partial charge in [0.2, 0.25) is 0 Å². The Bertz CT molecular complexity index is 771. The first-order valence-corrected chi connectivity index (χ1v) is 8.39. The second-order valence-electron chi connectivity index (χ2n) is 6.03. The van der Waals surface area contributed by atoms with Gasteiger partial charge >= 0.3 is 0 Å². The van der Waals surface area contributed by atoms with Crippen molar-refractivity contribution in [3.63, 3.8) is 0 Å². The molecule has 1 amide bonds. The number of carbonyl (C=O) groups is 1. The van der Waals surface area contributed by atoms with Gasteiger partial charge in [0.25, 0.3) is 5.91 Å². The number of piperazine rings is 1. The monoisotopic (exact) mass is 341 g/mol. The number of rotatable bonds is 4. The topological polar surface area (TPSA) is 60.5 Å². The molecule has 25 heavy (non-hydrogen) atoms. The summed E-state index contributed by atoms with van der Waals surface area (Å²) in [5, 5.41) is 9.50. The molecule has 6 heteroatoms. The summed E-state index contributed by atoms with van der Waals surface area (Å²) in [6.45, 7) is 4.20. The average molecular weight is 341 g/mol. The van der Waals surface area contributed by atoms with Crippen LogP contribution in [0.4, 0.5) is 4.39 Å². The first-order chi connectivity index (χ1) is 12.1. The van der Waals surface area contributed by atoms with Gasteiger partial charge in [-0.25, -0.2) is 4.39 Å². The minimum absolute atomic E-state index is 0.116. The fourth-order valence-electron chi connectivity index (χ4n) is 3.03. The van der Waals surface area contributed by atoms with E-state index in [1.807, 2.05) is 17.9 Å². The van der Waals surface area contributed by atoms with Gasteiger partial charge in [-0.2, -0.15) is 5.26 Å². The molecule has 0 aliphatic carbocycles. The highest BCUT2D eigenvalue weighted by atomic mass is 19.1. The third-order valence-electron chi connectivity index (χ3n) is 4.50. The van der Waals surface area contributed by atoms with Gasteiger partial charge in [-0.15, -0.1) is 0 Å². The van der Waals surface area contributed by atoms with Crippen molar-refractivity contribution in [1.29, 1.82) is 5.26 Å². The Morgan fingerprint density at radius 2 is 1.88 bits per heavy atom. The molecule has 2 aromatic rings. The minimum atomic E-state index is -0.437. The van der Waals surface area contributed by atoms with Crippen molar-refractivity contribution in [2.45, 2.75) is 19.4 Å². The Hall–Kier alpha value is -2.65. The summed E-state index contributed by atoms with van der Waals surface area (Å²) in [5.74, 6) is 0.721. The van der Waals surface area contributed by atoms with Crippen LogP contribution in [-0.2, 0) is 6.42 Å². The summed E-state index contributed by atoms with van der Waals surface area (Å²) < 4.78 is 18.6. The summed E-state index contributed by atoms with van der Waals surface area (Å²) in [4.78, 5) is 16.2. The normalized spacial score (nSPS) is 16.4. The maximum absolute atomic E-state index is 13.1. The second-order valence-corrected chi connectivity index (χ2v) is 6.03. The number of nitrogens with zero attached hydrogens (tertiary/aromatic N) is 3. The zero-order valence-corrected chi connectivity index (χ0v) is 14.1. The lowest BCUT2D eigenvalue weighted by atomic mass is 10.1. The Morgan fingerprint density at radius 3 is 2.44 bits per heavy atom. The number of carbonyl (C=O) groups excluding carboxylic acids is 1. The molecule has 1 aromatic heterocycles. The predicted molar refractivity (Wildman–Crippen MR) is 90.3 cm³/mol. The lowest BCUT2D eigenvalue weighted by molar-refractivity contribution is 0.0575. The van der Waals surface area contributed by atoms with E-state index >= 15 is 0 Å². The molecule has 1 aromatic carbocycles. The molecule has 2 heterocycles. The van der Waals surface area contributed by atoms with Gasteiger partial charge in [0.15, 0.2) is 5.76 Å². The van der Waals surface area contributed by atoms with Crippen LogP contribution in [0.2, 0.25) is 0 Å². The quantitative estimate of drug-likeness (QED) is 0.858. The summed E-state index contributed by atoms with van der Waals surface area (Å²) in [6, 6.07) is 11.4. The van der Waals surface area contributed by atoms with E-state index in [1.54, 1.807) is 23.1 Å². The Labute approximate surface area is 146 Å². The number of nitriles is 1. The summed E-state index contributed by atoms with van der Waals surface area (Å²) in [5.41, 5.74) is 0.766. The number of amides is 1. The Balaban J connectivity index is 1.63. The van der Waals surface area contributed by atoms with Gasteiger partial charge in [0, 0.05) is 32.6 Å². The van der Waals surface area contributed by atoms with Crippen LogP contribution >= 0.6 is 0 Å². The molecule has 3 rings (SSSR count). The fourth-order valence-corrected chi connectivity index (χ4v) is 3.03. The van der Waals surface area contributed by atoms with Crippen molar-refractivity contribution < 1.29 is 13.6 Å². The molecule has 1 aliphatic rings. The molecule has 130 valence electrons. The molecule has 0 saturated carbocycles. The van der Waals surface area contributed by atoms with Crippen molar-refractivity contribution in [3.8, 4) is 6.07 Å². The zero-order valence-electron chi connectivity index (χ0n) is 14.1. The predicted octanol–water partition coefficient (Wildman–Crippen LogP) is 3.00. The first-order valence-electron chi connectivity index (χ1n) is 8.39. The number of benzene rings is 1. The van der Waals surface area contributed by atoms with Crippen LogP contribution in [0.15, 0.2) is 40.8 Å². The first kappa shape index (κ1) is 17.2. The number of halogens is 1. The van der Waals surface area contributed by atoms with Crippen molar-refractivity contribution in [2.75, 3.05) is 26.2 Å². The third-order valence-corrected chi connectivity index (χ3v) is 4.50. The van der Waals surface area contributed by atoms with E-state index < -0.39 is 6.04 Å². The molecule has 0 bridgehead atoms. The lowest BCUT2D eigenvalue weighted by Crippen LogP contribution is -2.49. The van der Waals surface area contributed by atoms with Crippen LogP contribution in [0.25, 0.3) is 0 Å². The summed E-state index contributed by atoms with van der Waals surface area (Å²) >= 11 is 0. The van der Waals surface area contributed by atoms with Gasteiger partial charge < -0.3 is 9.32 Å². The second kappa shape index (κ2) is 7.49. The van der Waals surface area contributed by atoms with Crippen LogP contribution in [0.1, 0.15) is 34.8 Å². The fraction of sp³-hybridized carbons (Fsp3) is 0.368. The van der Waals surface area contributed by atoms with E-state index in [2.05, 4.69) is 6.07 Å². The largest absolute Gasteiger partial charge is 0.456 e. The number of aryl methyl sites for hydroxylation is 1. The highest BCUT2D eigenvalue weighted by Crippen LogP contribution is 2.22. The Morgan fingerprint density at radius 1 is 1.20 bits per heavy atom. The van der Waals surface area contributed by atoms with Gasteiger partial charge in [-0.1, -0.05) is 19.1 Å². The van der Waals surface area contributed by atoms with Crippen LogP contribution in [0.3, 0.4) is 0 Å². The average Bonchev–Trinajstić information content (AvgIpc) is 3.13. The molecule has 5 nitrogen and oxygen atoms in total. The third kappa shape index (κ3) is 3.72. The van der Waals surface area contributed by atoms with Gasteiger partial charge in [-0.05, 0) is 29.8 Å². The molecule has 1 saturated heterocycles. The van der Waals surface area contributed by atoms with E-state index in [0.29, 0.717) is 31.9 Å². The molecule has 1 fully saturated rings. The van der Waals surface area contributed by atoms with Gasteiger partial charge in [0.1, 0.15) is 17.6 Å². The van der Waals surface area contributed by atoms with Crippen molar-refractivity contribution in [3.05, 3.63) is 59.3 Å². The number of furan rings is 1. The highest BCUT2D eigenvalue weighted by molar-refractivity contribution is 5.91. The zero-order chi connectivity index (χ0) is 17.8. The van der Waals surface area contributed by atoms with E-state index in [1.165, 1.54) is 12.1 Å². The van der Waals surface area contributed by atoms with Crippen LogP contribution in [0.5, 0.6) is 0 Å². The maximum atomic E-state index is 13.1. The summed E-state index contributed by atoms with van der Waals surface area (Å²) in [7, 11) is 0. The molecule has 0 spiro atoms. The summed E-state index contributed by atoms with van der Waals surface area (Å²) in [6.07, 6.45) is 0.753. The van der Waals surface area contributed by atoms with Crippen LogP contribution in [0, 0.1) is 17.1 Å². The van der Waals surface area contributed by atoms with Gasteiger partial charge in [-0.3, -0.25) is 9.69 Å². The molecule has 1 unspecified atom stereocenters. The lowest BCUT2D eigenvalue weighted by Gasteiger charge is -2.36. The standard InChI is InChI=1S/C19H20FN3O2/c1-2-16-7-8-18(25-16)19(24)23-11-9-22(10-12-23)17(13-21)14-3-5-15(20)6-4-14/h3-8,17H,2,9-12H2,1H3. The number of hydrogen-bond acceptors (Lipinski definition) is 4. The van der Waals surface area contributed by atoms with E-state index in [9.17, 15) is 14.4 Å². The molecule has 0 radical (unpaired) electrons. The van der Waals surface area contributed by atoms with Gasteiger partial charge in [0.05, 0.1) is 6.07 Å². The SMILES string of the molecule is CCc1ccc(C(=O)N2CCN(C(C#N)c3ccc(F)cc3)CC2)o1. The maximum Gasteiger partial charge on any atom is 0.289 e. The molecular formula is C19H20FN3O2. The molecule has 1 atom stereocenters. The van der Waals surface area contributed by atoms with Crippen LogP contribution < -0.4 is 0 Å². The smallest absolute Gasteiger partial charge is 0.289 e. The minimum Gasteiger partial charge on any atom is -0.456 e. The Kier molecular flexibility index (Phi) is 5.15. The van der Waals surface area contributed by atoms with Crippen LogP contribution in [-0.4, -0.2) is 41.9 Å². The number of hydrogen-bond donors (Lipinski definition) is 0. The molecule has 0 N–H and O–H groups in total. The highest BCUT2D eigenvalue weighted by Gasteiger charge is 2.28. The van der Waals surface area contributed by atoms with Crippen molar-refractivity contribution in [2.24, 2.45) is 0 Å².